The van der Waals surface area contributed by atoms with Gasteiger partial charge >= 0.3 is 0 Å². The van der Waals surface area contributed by atoms with Crippen molar-refractivity contribution < 1.29 is 0 Å². The van der Waals surface area contributed by atoms with Crippen LogP contribution in [-0.4, -0.2) is 15.8 Å². The number of benzene rings is 8. The largest absolute Gasteiger partial charge is 0.310 e. The van der Waals surface area contributed by atoms with Gasteiger partial charge in [0.25, 0.3) is 6.71 Å². The average Bonchev–Trinajstić information content (AvgIpc) is 3.77. The standard InChI is InChI=1S/C57H47BN2/c1-34-18-14-16-24-41(34)50-45-28-37-23-15-17-25-42(37)51-55(45)60(53(50)36-21-12-9-13-22-36)49-30-38(35-19-10-8-11-20-35)29-48-52(49)58(51)46-33-40(57(5,6)7)32-44-43-31-39(56(2,3)4)26-27-47(43)59(48)54(44)46/h8-33H,1-7H3. The summed E-state index contributed by atoms with van der Waals surface area (Å²) in [6, 6.07) is 60.1. The lowest BCUT2D eigenvalue weighted by Crippen LogP contribution is -2.60. The number of hydrogen-bond donors (Lipinski definition) is 0. The molecule has 2 aliphatic heterocycles. The monoisotopic (exact) mass is 770 g/mol. The van der Waals surface area contributed by atoms with Gasteiger partial charge in [0.05, 0.1) is 16.7 Å². The Kier molecular flexibility index (Phi) is 7.22. The van der Waals surface area contributed by atoms with E-state index in [-0.39, 0.29) is 17.5 Å². The maximum atomic E-state index is 2.68. The van der Waals surface area contributed by atoms with Crippen molar-refractivity contribution in [2.75, 3.05) is 0 Å². The van der Waals surface area contributed by atoms with E-state index in [0.29, 0.717) is 0 Å². The lowest BCUT2D eigenvalue weighted by molar-refractivity contribution is 0.590. The van der Waals surface area contributed by atoms with Crippen LogP contribution in [0.3, 0.4) is 0 Å². The molecule has 60 heavy (non-hydrogen) atoms. The Labute approximate surface area is 352 Å². The first-order valence-electron chi connectivity index (χ1n) is 21.6. The molecule has 2 nitrogen and oxygen atoms in total. The molecule has 0 spiro atoms. The zero-order valence-corrected chi connectivity index (χ0v) is 35.5. The second-order valence-electron chi connectivity index (χ2n) is 19.4. The van der Waals surface area contributed by atoms with Crippen LogP contribution in [0.5, 0.6) is 0 Å². The summed E-state index contributed by atoms with van der Waals surface area (Å²) in [7, 11) is 0. The first kappa shape index (κ1) is 35.4. The van der Waals surface area contributed by atoms with E-state index in [4.69, 9.17) is 0 Å². The molecular formula is C57H47BN2. The summed E-state index contributed by atoms with van der Waals surface area (Å²) in [5.41, 5.74) is 22.1. The molecule has 0 saturated carbocycles. The fourth-order valence-corrected chi connectivity index (χ4v) is 10.8. The molecule has 2 aromatic heterocycles. The van der Waals surface area contributed by atoms with Crippen LogP contribution in [0, 0.1) is 6.92 Å². The predicted octanol–water partition coefficient (Wildman–Crippen LogP) is 12.9. The van der Waals surface area contributed by atoms with E-state index in [1.54, 1.807) is 0 Å². The molecule has 3 heteroatoms. The fourth-order valence-electron chi connectivity index (χ4n) is 10.8. The van der Waals surface area contributed by atoms with Crippen LogP contribution in [0.15, 0.2) is 158 Å². The van der Waals surface area contributed by atoms with Gasteiger partial charge in [-0.2, -0.15) is 0 Å². The van der Waals surface area contributed by atoms with Crippen LogP contribution in [0.25, 0.3) is 88.4 Å². The number of fused-ring (bicyclic) bond motifs is 9. The van der Waals surface area contributed by atoms with Crippen LogP contribution in [0.1, 0.15) is 58.2 Å². The molecule has 288 valence electrons. The third-order valence-electron chi connectivity index (χ3n) is 13.7. The van der Waals surface area contributed by atoms with E-state index in [9.17, 15) is 0 Å². The molecule has 12 rings (SSSR count). The number of rotatable bonds is 3. The van der Waals surface area contributed by atoms with Gasteiger partial charge in [0.2, 0.25) is 0 Å². The first-order chi connectivity index (χ1) is 29.0. The minimum Gasteiger partial charge on any atom is -0.310 e. The summed E-state index contributed by atoms with van der Waals surface area (Å²) >= 11 is 0. The van der Waals surface area contributed by atoms with Gasteiger partial charge in [0, 0.05) is 38.6 Å². The molecule has 0 amide bonds. The molecule has 8 aromatic carbocycles. The number of aryl methyl sites for hydroxylation is 1. The minimum absolute atomic E-state index is 0.00728. The van der Waals surface area contributed by atoms with Gasteiger partial charge in [-0.3, -0.25) is 0 Å². The molecule has 2 aliphatic rings. The molecule has 0 aliphatic carbocycles. The van der Waals surface area contributed by atoms with Gasteiger partial charge in [-0.1, -0.05) is 163 Å². The Morgan fingerprint density at radius 3 is 1.80 bits per heavy atom. The molecule has 0 N–H and O–H groups in total. The zero-order chi connectivity index (χ0) is 40.8. The minimum atomic E-state index is -0.0531. The normalized spacial score (nSPS) is 13.2. The van der Waals surface area contributed by atoms with Crippen molar-refractivity contribution in [3.63, 3.8) is 0 Å². The Bertz CT molecular complexity index is 3440. The molecular weight excluding hydrogens is 723 g/mol. The second-order valence-corrected chi connectivity index (χ2v) is 19.4. The van der Waals surface area contributed by atoms with Crippen molar-refractivity contribution in [1.82, 2.24) is 9.13 Å². The number of hydrogen-bond acceptors (Lipinski definition) is 0. The van der Waals surface area contributed by atoms with Crippen LogP contribution in [0.4, 0.5) is 0 Å². The van der Waals surface area contributed by atoms with E-state index < -0.39 is 0 Å². The van der Waals surface area contributed by atoms with Crippen LogP contribution in [0.2, 0.25) is 0 Å². The molecule has 0 saturated heterocycles. The summed E-state index contributed by atoms with van der Waals surface area (Å²) in [5.74, 6) is 0. The molecule has 10 aromatic rings. The fraction of sp³-hybridized carbons (Fsp3) is 0.158. The molecule has 0 atom stereocenters. The van der Waals surface area contributed by atoms with Gasteiger partial charge in [-0.05, 0) is 120 Å². The quantitative estimate of drug-likeness (QED) is 0.158. The average molecular weight is 771 g/mol. The summed E-state index contributed by atoms with van der Waals surface area (Å²) in [6.45, 7) is 16.4. The van der Waals surface area contributed by atoms with Crippen LogP contribution in [-0.2, 0) is 10.8 Å². The zero-order valence-electron chi connectivity index (χ0n) is 35.5. The first-order valence-corrected chi connectivity index (χ1v) is 21.6. The highest BCUT2D eigenvalue weighted by Gasteiger charge is 2.44. The molecule has 4 heterocycles. The summed E-state index contributed by atoms with van der Waals surface area (Å²) in [4.78, 5) is 0. The van der Waals surface area contributed by atoms with E-state index in [2.05, 4.69) is 215 Å². The van der Waals surface area contributed by atoms with Crippen LogP contribution >= 0.6 is 0 Å². The van der Waals surface area contributed by atoms with Crippen LogP contribution < -0.4 is 16.4 Å². The number of nitrogens with zero attached hydrogens (tertiary/aromatic N) is 2. The van der Waals surface area contributed by atoms with Gasteiger partial charge < -0.3 is 9.13 Å². The Hall–Kier alpha value is -6.58. The molecule has 0 radical (unpaired) electrons. The van der Waals surface area contributed by atoms with Crippen molar-refractivity contribution in [2.24, 2.45) is 0 Å². The smallest absolute Gasteiger partial charge is 0.253 e. The SMILES string of the molecule is Cc1ccccc1-c1c(-c2ccccc2)n2c3c(c4ccccc4cc13)B1c3c-2cc(-c2ccccc2)cc3-n2c3ccc(C(C)(C)C)cc3c3cc(C(C)(C)C)cc1c32. The topological polar surface area (TPSA) is 9.86 Å². The maximum absolute atomic E-state index is 2.68. The molecule has 0 bridgehead atoms. The van der Waals surface area contributed by atoms with Crippen molar-refractivity contribution in [3.05, 3.63) is 174 Å². The van der Waals surface area contributed by atoms with Crippen molar-refractivity contribution in [2.45, 2.75) is 59.3 Å². The summed E-state index contributed by atoms with van der Waals surface area (Å²) in [5, 5.41) is 6.58. The van der Waals surface area contributed by atoms with Gasteiger partial charge in [0.1, 0.15) is 0 Å². The van der Waals surface area contributed by atoms with Gasteiger partial charge in [-0.25, -0.2) is 0 Å². The molecule has 0 unspecified atom stereocenters. The van der Waals surface area contributed by atoms with E-state index in [1.165, 1.54) is 121 Å². The van der Waals surface area contributed by atoms with Gasteiger partial charge in [0.15, 0.2) is 0 Å². The Morgan fingerprint density at radius 2 is 1.08 bits per heavy atom. The van der Waals surface area contributed by atoms with E-state index in [0.717, 1.165) is 0 Å². The number of aromatic nitrogens is 2. The Balaban J connectivity index is 1.36. The van der Waals surface area contributed by atoms with Crippen molar-refractivity contribution in [3.8, 4) is 44.9 Å². The van der Waals surface area contributed by atoms with E-state index >= 15 is 0 Å². The summed E-state index contributed by atoms with van der Waals surface area (Å²) in [6.07, 6.45) is 0. The van der Waals surface area contributed by atoms with Gasteiger partial charge in [-0.15, -0.1) is 0 Å². The highest BCUT2D eigenvalue weighted by molar-refractivity contribution is 7.01. The third-order valence-corrected chi connectivity index (χ3v) is 13.7. The maximum Gasteiger partial charge on any atom is 0.253 e. The van der Waals surface area contributed by atoms with Crippen molar-refractivity contribution >= 4 is 66.6 Å². The summed E-state index contributed by atoms with van der Waals surface area (Å²) < 4.78 is 5.32. The highest BCUT2D eigenvalue weighted by Crippen LogP contribution is 2.48. The molecule has 0 fully saturated rings. The predicted molar refractivity (Wildman–Crippen MR) is 258 cm³/mol. The Morgan fingerprint density at radius 1 is 0.450 bits per heavy atom. The van der Waals surface area contributed by atoms with E-state index in [1.807, 2.05) is 0 Å². The highest BCUT2D eigenvalue weighted by atomic mass is 15.0. The third kappa shape index (κ3) is 4.84. The lowest BCUT2D eigenvalue weighted by atomic mass is 9.33. The second kappa shape index (κ2) is 12.2. The van der Waals surface area contributed by atoms with Crippen molar-refractivity contribution in [1.29, 1.82) is 0 Å². The lowest BCUT2D eigenvalue weighted by Gasteiger charge is -2.36.